The third-order valence-electron chi connectivity index (χ3n) is 7.21. The minimum atomic E-state index is -1.06. The summed E-state index contributed by atoms with van der Waals surface area (Å²) in [5.74, 6) is -0.0331. The molecular weight excluding hydrogens is 803 g/mol. The monoisotopic (exact) mass is 843 g/mol. The number of carboxylic acids is 1. The SMILES string of the molecule is C.COC(=O)c1cc(O)cc(OCc2ccccc2)c1.COOSc1ccc(Oc2cc(OC(C)C)cc(C(=O)Nc3ncc(Oc4cccc(C(=O)O)c4)s3)c2)cn1. The second kappa shape index (κ2) is 22.3. The number of aromatic nitrogens is 2. The Labute approximate surface area is 348 Å². The summed E-state index contributed by atoms with van der Waals surface area (Å²) in [5.41, 5.74) is 1.64. The van der Waals surface area contributed by atoms with Crippen molar-refractivity contribution in [2.75, 3.05) is 19.5 Å². The van der Waals surface area contributed by atoms with E-state index >= 15 is 0 Å². The molecule has 6 rings (SSSR count). The highest BCUT2D eigenvalue weighted by Gasteiger charge is 2.16. The molecular formula is C42H41N3O12S2. The number of nitrogens with one attached hydrogen (secondary N) is 1. The number of amides is 1. The van der Waals surface area contributed by atoms with Crippen LogP contribution < -0.4 is 24.3 Å². The Balaban J connectivity index is 0.000000322. The van der Waals surface area contributed by atoms with Crippen molar-refractivity contribution in [3.63, 3.8) is 0 Å². The van der Waals surface area contributed by atoms with Gasteiger partial charge in [-0.25, -0.2) is 24.4 Å². The van der Waals surface area contributed by atoms with Crippen molar-refractivity contribution in [3.05, 3.63) is 138 Å². The van der Waals surface area contributed by atoms with E-state index in [1.165, 1.54) is 56.9 Å². The number of phenols is 1. The summed E-state index contributed by atoms with van der Waals surface area (Å²) >= 11 is 2.05. The number of benzene rings is 4. The van der Waals surface area contributed by atoms with E-state index in [2.05, 4.69) is 24.9 Å². The van der Waals surface area contributed by atoms with Gasteiger partial charge in [-0.1, -0.05) is 55.2 Å². The summed E-state index contributed by atoms with van der Waals surface area (Å²) in [5, 5.41) is 22.7. The summed E-state index contributed by atoms with van der Waals surface area (Å²) in [6.45, 7) is 4.11. The Kier molecular flexibility index (Phi) is 17.0. The molecule has 0 atom stereocenters. The van der Waals surface area contributed by atoms with Gasteiger partial charge in [-0.15, -0.1) is 0 Å². The van der Waals surface area contributed by atoms with Crippen LogP contribution in [-0.4, -0.2) is 58.4 Å². The molecule has 2 heterocycles. The number of hydrogen-bond acceptors (Lipinski definition) is 15. The van der Waals surface area contributed by atoms with E-state index in [1.54, 1.807) is 42.5 Å². The van der Waals surface area contributed by atoms with Crippen LogP contribution in [-0.2, 0) is 20.6 Å². The number of ether oxygens (including phenoxy) is 5. The topological polar surface area (TPSA) is 194 Å². The number of phenolic OH excluding ortho intramolecular Hbond substituents is 1. The van der Waals surface area contributed by atoms with Crippen LogP contribution in [0.1, 0.15) is 57.9 Å². The van der Waals surface area contributed by atoms with Crippen LogP contribution in [0.3, 0.4) is 0 Å². The maximum atomic E-state index is 13.1. The molecule has 308 valence electrons. The fourth-order valence-electron chi connectivity index (χ4n) is 4.77. The minimum Gasteiger partial charge on any atom is -0.508 e. The number of nitrogens with zero attached hydrogens (tertiary/aromatic N) is 2. The van der Waals surface area contributed by atoms with E-state index in [-0.39, 0.29) is 41.1 Å². The molecule has 0 spiro atoms. The lowest BCUT2D eigenvalue weighted by molar-refractivity contribution is -0.160. The molecule has 6 aromatic rings. The molecule has 2 aromatic heterocycles. The highest BCUT2D eigenvalue weighted by Crippen LogP contribution is 2.33. The highest BCUT2D eigenvalue weighted by molar-refractivity contribution is 7.94. The van der Waals surface area contributed by atoms with Gasteiger partial charge in [0.2, 0.25) is 5.06 Å². The fraction of sp³-hybridized carbons (Fsp3) is 0.167. The van der Waals surface area contributed by atoms with Crippen molar-refractivity contribution >= 4 is 46.4 Å². The number of carbonyl (C=O) groups is 3. The van der Waals surface area contributed by atoms with Crippen molar-refractivity contribution in [2.24, 2.45) is 0 Å². The molecule has 0 bridgehead atoms. The average molecular weight is 844 g/mol. The van der Waals surface area contributed by atoms with Crippen LogP contribution in [0.4, 0.5) is 5.13 Å². The summed E-state index contributed by atoms with van der Waals surface area (Å²) in [6, 6.07) is 28.3. The lowest BCUT2D eigenvalue weighted by Gasteiger charge is -2.14. The Morgan fingerprint density at radius 1 is 0.763 bits per heavy atom. The fourth-order valence-corrected chi connectivity index (χ4v) is 5.81. The van der Waals surface area contributed by atoms with Crippen LogP contribution >= 0.6 is 23.4 Å². The maximum Gasteiger partial charge on any atom is 0.338 e. The third kappa shape index (κ3) is 14.3. The largest absolute Gasteiger partial charge is 0.508 e. The van der Waals surface area contributed by atoms with Crippen LogP contribution in [0.5, 0.6) is 39.6 Å². The first kappa shape index (κ1) is 45.0. The van der Waals surface area contributed by atoms with Crippen LogP contribution in [0.2, 0.25) is 0 Å². The lowest BCUT2D eigenvalue weighted by Crippen LogP contribution is -2.13. The third-order valence-corrected chi connectivity index (χ3v) is 8.62. The van der Waals surface area contributed by atoms with Gasteiger partial charge < -0.3 is 33.9 Å². The Morgan fingerprint density at radius 3 is 2.20 bits per heavy atom. The van der Waals surface area contributed by atoms with Crippen LogP contribution in [0, 0.1) is 0 Å². The minimum absolute atomic E-state index is 0. The van der Waals surface area contributed by atoms with Crippen molar-refractivity contribution in [1.29, 1.82) is 0 Å². The van der Waals surface area contributed by atoms with Gasteiger partial charge >= 0.3 is 11.9 Å². The molecule has 3 N–H and O–H groups in total. The zero-order chi connectivity index (χ0) is 41.4. The van der Waals surface area contributed by atoms with Crippen LogP contribution in [0.15, 0.2) is 121 Å². The normalized spacial score (nSPS) is 10.3. The molecule has 0 fully saturated rings. The number of thiazole rings is 1. The number of pyridine rings is 1. The molecule has 0 radical (unpaired) electrons. The Bertz CT molecular complexity index is 2300. The smallest absolute Gasteiger partial charge is 0.338 e. The number of carboxylic acid groups (broad SMARTS) is 1. The number of esters is 1. The summed E-state index contributed by atoms with van der Waals surface area (Å²) in [6.07, 6.45) is 2.82. The van der Waals surface area contributed by atoms with E-state index in [4.69, 9.17) is 28.4 Å². The van der Waals surface area contributed by atoms with Gasteiger partial charge in [0.15, 0.2) is 5.13 Å². The van der Waals surface area contributed by atoms with Crippen molar-refractivity contribution < 1.29 is 57.5 Å². The first-order valence-corrected chi connectivity index (χ1v) is 18.7. The van der Waals surface area contributed by atoms with Crippen LogP contribution in [0.25, 0.3) is 0 Å². The van der Waals surface area contributed by atoms with Crippen molar-refractivity contribution in [2.45, 2.75) is 39.0 Å². The van der Waals surface area contributed by atoms with Gasteiger partial charge in [0.25, 0.3) is 5.91 Å². The first-order chi connectivity index (χ1) is 28.0. The quantitative estimate of drug-likeness (QED) is 0.0360. The van der Waals surface area contributed by atoms with Gasteiger partial charge in [-0.3, -0.25) is 10.1 Å². The summed E-state index contributed by atoms with van der Waals surface area (Å²) in [7, 11) is 2.69. The molecule has 0 saturated carbocycles. The number of aromatic hydroxyl groups is 1. The van der Waals surface area contributed by atoms with E-state index < -0.39 is 17.8 Å². The average Bonchev–Trinajstić information content (AvgIpc) is 3.65. The molecule has 0 aliphatic heterocycles. The van der Waals surface area contributed by atoms with Gasteiger partial charge in [0.05, 0.1) is 55.9 Å². The molecule has 15 nitrogen and oxygen atoms in total. The number of anilines is 1. The van der Waals surface area contributed by atoms with Crippen molar-refractivity contribution in [3.8, 4) is 39.6 Å². The van der Waals surface area contributed by atoms with E-state index in [0.29, 0.717) is 45.4 Å². The zero-order valence-corrected chi connectivity index (χ0v) is 33.1. The van der Waals surface area contributed by atoms with Gasteiger partial charge in [-0.2, -0.15) is 4.33 Å². The first-order valence-electron chi connectivity index (χ1n) is 17.2. The van der Waals surface area contributed by atoms with Gasteiger partial charge in [0.1, 0.15) is 46.1 Å². The number of hydrogen-bond donors (Lipinski definition) is 3. The van der Waals surface area contributed by atoms with Gasteiger partial charge in [-0.05, 0) is 74.0 Å². The highest BCUT2D eigenvalue weighted by atomic mass is 32.2. The van der Waals surface area contributed by atoms with Gasteiger partial charge in [0, 0.05) is 17.7 Å². The number of carbonyl (C=O) groups excluding carboxylic acids is 2. The second-order valence-electron chi connectivity index (χ2n) is 12.0. The molecule has 17 heteroatoms. The second-order valence-corrected chi connectivity index (χ2v) is 13.7. The van der Waals surface area contributed by atoms with E-state index in [1.807, 2.05) is 44.2 Å². The molecule has 0 saturated heterocycles. The molecule has 1 amide bonds. The number of methoxy groups -OCH3 is 1. The van der Waals surface area contributed by atoms with Crippen molar-refractivity contribution in [1.82, 2.24) is 9.97 Å². The molecule has 59 heavy (non-hydrogen) atoms. The summed E-state index contributed by atoms with van der Waals surface area (Å²) < 4.78 is 32.4. The molecule has 4 aromatic carbocycles. The summed E-state index contributed by atoms with van der Waals surface area (Å²) in [4.78, 5) is 48.6. The molecule has 0 aliphatic carbocycles. The number of rotatable bonds is 16. The van der Waals surface area contributed by atoms with E-state index in [9.17, 15) is 19.5 Å². The van der Waals surface area contributed by atoms with E-state index in [0.717, 1.165) is 28.9 Å². The predicted molar refractivity (Wildman–Crippen MR) is 221 cm³/mol. The molecule has 0 unspecified atom stereocenters. The Morgan fingerprint density at radius 2 is 1.51 bits per heavy atom. The predicted octanol–water partition coefficient (Wildman–Crippen LogP) is 9.84. The standard InChI is InChI=1S/C26H23N3O8S2.C15H14O4.CH4/c1-15(2)34-20-10-17(11-21(12-20)35-19-7-8-22(27-13-19)39-37-33-3)24(30)29-26-28-14-23(38-26)36-18-6-4-5-16(9-18)25(31)32;1-18-15(17)12-7-13(16)9-14(8-12)19-10-11-5-3-2-4-6-11;/h4-15H,1-3H3,(H,31,32)(H,28,29,30);2-9,16H,10H2,1H3;1H4. The molecule has 0 aliphatic rings. The Hall–Kier alpha value is -6.66. The zero-order valence-electron chi connectivity index (χ0n) is 31.4. The lowest BCUT2D eigenvalue weighted by atomic mass is 10.2. The maximum absolute atomic E-state index is 13.1. The number of aromatic carboxylic acids is 1.